The Hall–Kier alpha value is 0.637. The average Bonchev–Trinajstić information content (AvgIpc) is 1.35. The third kappa shape index (κ3) is 10.8. The Balaban J connectivity index is 0. The summed E-state index contributed by atoms with van der Waals surface area (Å²) in [7, 11) is -4.81. The SMILES string of the molecule is O=P(O)(O)OF.[LiH]. The molecule has 0 amide bonds. The van der Waals surface area contributed by atoms with Crippen LogP contribution in [0, 0.1) is 0 Å². The van der Waals surface area contributed by atoms with Crippen LogP contribution in [0.25, 0.3) is 0 Å². The van der Waals surface area contributed by atoms with Crippen LogP contribution in [0.4, 0.5) is 4.53 Å². The number of rotatable bonds is 1. The predicted molar refractivity (Wildman–Crippen MR) is 21.4 cm³/mol. The van der Waals surface area contributed by atoms with Gasteiger partial charge in [-0.15, -0.1) is 0 Å². The van der Waals surface area contributed by atoms with Gasteiger partial charge in [0.1, 0.15) is 0 Å². The maximum atomic E-state index is 10.2. The molecule has 0 rings (SSSR count). The minimum absolute atomic E-state index is 0. The molecule has 0 unspecified atom stereocenters. The molecule has 0 heterocycles. The summed E-state index contributed by atoms with van der Waals surface area (Å²) in [5.74, 6) is 0. The topological polar surface area (TPSA) is 66.8 Å². The van der Waals surface area contributed by atoms with Gasteiger partial charge in [0.2, 0.25) is 0 Å². The Morgan fingerprint density at radius 2 is 1.71 bits per heavy atom. The van der Waals surface area contributed by atoms with E-state index in [1.807, 2.05) is 0 Å². The predicted octanol–water partition coefficient (Wildman–Crippen LogP) is -0.668. The van der Waals surface area contributed by atoms with Crippen LogP contribution in [-0.2, 0) is 9.29 Å². The van der Waals surface area contributed by atoms with E-state index >= 15 is 0 Å². The summed E-state index contributed by atoms with van der Waals surface area (Å²) in [4.78, 5) is 14.7. The van der Waals surface area contributed by atoms with Crippen molar-refractivity contribution in [3.8, 4) is 0 Å². The third-order valence-corrected chi connectivity index (χ3v) is 0.270. The van der Waals surface area contributed by atoms with E-state index in [1.165, 1.54) is 0 Å². The first-order valence-corrected chi connectivity index (χ1v) is 2.45. The zero-order valence-electron chi connectivity index (χ0n) is 2.54. The molecular weight excluding hydrogens is 121 g/mol. The molecule has 0 aliphatic heterocycles. The second-order valence-electron chi connectivity index (χ2n) is 0.560. The molecule has 0 aliphatic rings. The molecule has 0 aliphatic carbocycles. The van der Waals surface area contributed by atoms with Crippen molar-refractivity contribution in [2.24, 2.45) is 0 Å². The maximum absolute atomic E-state index is 10.2. The molecule has 7 heteroatoms. The molecule has 4 nitrogen and oxygen atoms in total. The van der Waals surface area contributed by atoms with Gasteiger partial charge in [0.25, 0.3) is 0 Å². The standard InChI is InChI=1S/FH2O4P.Li.H/c1-5-6(2,3)4;;/h(H2,2,3,4);;. The van der Waals surface area contributed by atoms with Crippen molar-refractivity contribution < 1.29 is 23.6 Å². The van der Waals surface area contributed by atoms with Crippen LogP contribution in [0.15, 0.2) is 0 Å². The van der Waals surface area contributed by atoms with Crippen LogP contribution < -0.4 is 0 Å². The molecule has 0 saturated heterocycles. The fourth-order valence-electron chi connectivity index (χ4n) is 0. The van der Waals surface area contributed by atoms with Gasteiger partial charge in [-0.25, -0.2) is 4.57 Å². The van der Waals surface area contributed by atoms with Gasteiger partial charge in [-0.2, -0.15) is 0 Å². The molecule has 0 atom stereocenters. The van der Waals surface area contributed by atoms with E-state index < -0.39 is 7.82 Å². The molecule has 0 aromatic carbocycles. The Morgan fingerprint density at radius 3 is 1.71 bits per heavy atom. The van der Waals surface area contributed by atoms with E-state index in [-0.39, 0.29) is 18.9 Å². The second-order valence-corrected chi connectivity index (χ2v) is 1.68. The van der Waals surface area contributed by atoms with Crippen LogP contribution in [0.3, 0.4) is 0 Å². The van der Waals surface area contributed by atoms with Crippen LogP contribution in [0.5, 0.6) is 0 Å². The first kappa shape index (κ1) is 10.6. The number of hydrogen-bond donors (Lipinski definition) is 2. The average molecular weight is 124 g/mol. The van der Waals surface area contributed by atoms with Gasteiger partial charge in [0, 0.05) is 0 Å². The van der Waals surface area contributed by atoms with Crippen molar-refractivity contribution in [1.29, 1.82) is 0 Å². The summed E-state index contributed by atoms with van der Waals surface area (Å²) in [6.45, 7) is 0. The van der Waals surface area contributed by atoms with Crippen LogP contribution in [0.2, 0.25) is 0 Å². The molecule has 40 valence electrons. The number of phosphoric acid groups is 1. The van der Waals surface area contributed by atoms with Crippen LogP contribution in [0.1, 0.15) is 0 Å². The van der Waals surface area contributed by atoms with Crippen molar-refractivity contribution in [1.82, 2.24) is 0 Å². The van der Waals surface area contributed by atoms with Gasteiger partial charge in [-0.1, -0.05) is 4.73 Å². The number of halogens is 1. The summed E-state index contributed by atoms with van der Waals surface area (Å²) in [5.41, 5.74) is 0. The van der Waals surface area contributed by atoms with E-state index in [0.29, 0.717) is 0 Å². The van der Waals surface area contributed by atoms with Gasteiger partial charge < -0.3 is 9.79 Å². The zero-order valence-corrected chi connectivity index (χ0v) is 3.43. The summed E-state index contributed by atoms with van der Waals surface area (Å²) in [6.07, 6.45) is 0. The second kappa shape index (κ2) is 3.62. The fraction of sp³-hybridized carbons (Fsp3) is 0. The van der Waals surface area contributed by atoms with Crippen molar-refractivity contribution in [3.05, 3.63) is 0 Å². The van der Waals surface area contributed by atoms with Crippen molar-refractivity contribution in [3.63, 3.8) is 0 Å². The molecule has 0 bridgehead atoms. The zero-order chi connectivity index (χ0) is 5.21. The molecule has 2 N–H and O–H groups in total. The molecule has 0 aromatic rings. The Labute approximate surface area is 51.0 Å². The van der Waals surface area contributed by atoms with Crippen molar-refractivity contribution in [2.75, 3.05) is 0 Å². The molecule has 0 radical (unpaired) electrons. The molecular formula is H3FLiO4P. The van der Waals surface area contributed by atoms with Crippen molar-refractivity contribution in [2.45, 2.75) is 0 Å². The normalized spacial score (nSPS) is 10.1. The van der Waals surface area contributed by atoms with E-state index in [1.54, 1.807) is 0 Å². The first-order chi connectivity index (χ1) is 2.56. The summed E-state index contributed by atoms with van der Waals surface area (Å²) < 4.78 is 21.4. The van der Waals surface area contributed by atoms with Gasteiger partial charge in [-0.3, -0.25) is 0 Å². The van der Waals surface area contributed by atoms with Crippen LogP contribution >= 0.6 is 7.82 Å². The summed E-state index contributed by atoms with van der Waals surface area (Å²) in [5, 5.41) is 0. The Bertz CT molecular complexity index is 75.8. The molecule has 0 spiro atoms. The third-order valence-electron chi connectivity index (χ3n) is 0.0899. The summed E-state index contributed by atoms with van der Waals surface area (Å²) in [6, 6.07) is 0. The Kier molecular flexibility index (Phi) is 5.47. The Morgan fingerprint density at radius 1 is 1.57 bits per heavy atom. The van der Waals surface area contributed by atoms with Crippen molar-refractivity contribution >= 4 is 26.7 Å². The monoisotopic (exact) mass is 124 g/mol. The van der Waals surface area contributed by atoms with E-state index in [4.69, 9.17) is 14.4 Å². The van der Waals surface area contributed by atoms with E-state index in [9.17, 15) is 4.53 Å². The summed E-state index contributed by atoms with van der Waals surface area (Å²) >= 11 is 0. The van der Waals surface area contributed by atoms with Gasteiger partial charge >= 0.3 is 26.7 Å². The number of hydrogen-bond acceptors (Lipinski definition) is 2. The van der Waals surface area contributed by atoms with Gasteiger partial charge in [0.15, 0.2) is 0 Å². The van der Waals surface area contributed by atoms with E-state index in [2.05, 4.69) is 4.73 Å². The fourth-order valence-corrected chi connectivity index (χ4v) is 0. The molecule has 0 aromatic heterocycles. The molecule has 0 fully saturated rings. The van der Waals surface area contributed by atoms with Gasteiger partial charge in [-0.05, 0) is 4.53 Å². The van der Waals surface area contributed by atoms with E-state index in [0.717, 1.165) is 0 Å². The first-order valence-electron chi connectivity index (χ1n) is 0.919. The minimum atomic E-state index is -4.81. The van der Waals surface area contributed by atoms with Gasteiger partial charge in [0.05, 0.1) is 0 Å². The molecule has 7 heavy (non-hydrogen) atoms. The quantitative estimate of drug-likeness (QED) is 0.359. The molecule has 0 saturated carbocycles. The van der Waals surface area contributed by atoms with Crippen LogP contribution in [-0.4, -0.2) is 28.6 Å².